The fourth-order valence-corrected chi connectivity index (χ4v) is 3.13. The maximum absolute atomic E-state index is 12.5. The predicted octanol–water partition coefficient (Wildman–Crippen LogP) is 3.12. The predicted molar refractivity (Wildman–Crippen MR) is 86.8 cm³/mol. The summed E-state index contributed by atoms with van der Waals surface area (Å²) in [6, 6.07) is 8.40. The smallest absolute Gasteiger partial charge is 0.224 e. The van der Waals surface area contributed by atoms with Gasteiger partial charge < -0.3 is 10.6 Å². The molecule has 0 aliphatic carbocycles. The van der Waals surface area contributed by atoms with Gasteiger partial charge in [0.25, 0.3) is 0 Å². The van der Waals surface area contributed by atoms with E-state index in [4.69, 9.17) is 5.73 Å². The van der Waals surface area contributed by atoms with Crippen molar-refractivity contribution in [3.63, 3.8) is 0 Å². The van der Waals surface area contributed by atoms with Gasteiger partial charge in [0, 0.05) is 25.6 Å². The van der Waals surface area contributed by atoms with Crippen LogP contribution in [0.3, 0.4) is 0 Å². The van der Waals surface area contributed by atoms with Crippen LogP contribution in [0.2, 0.25) is 0 Å². The zero-order valence-corrected chi connectivity index (χ0v) is 13.6. The lowest BCUT2D eigenvalue weighted by Gasteiger charge is -2.26. The van der Waals surface area contributed by atoms with Crippen molar-refractivity contribution in [1.82, 2.24) is 4.90 Å². The molecule has 3 nitrogen and oxygen atoms in total. The molecule has 2 rings (SSSR count). The van der Waals surface area contributed by atoms with E-state index in [1.54, 1.807) is 0 Å². The van der Waals surface area contributed by atoms with Crippen LogP contribution in [-0.2, 0) is 17.8 Å². The molecule has 1 aliphatic rings. The van der Waals surface area contributed by atoms with Crippen molar-refractivity contribution in [3.05, 3.63) is 35.4 Å². The number of fused-ring (bicyclic) bond motifs is 1. The average Bonchev–Trinajstić information content (AvgIpc) is 2.58. The first kappa shape index (κ1) is 16.0. The van der Waals surface area contributed by atoms with Crippen LogP contribution in [0.5, 0.6) is 0 Å². The van der Waals surface area contributed by atoms with Crippen molar-refractivity contribution in [1.29, 1.82) is 0 Å². The number of carbonyl (C=O) groups excluding carboxylic acids is 1. The second-order valence-corrected chi connectivity index (χ2v) is 7.42. The molecule has 21 heavy (non-hydrogen) atoms. The first-order valence-corrected chi connectivity index (χ1v) is 7.95. The van der Waals surface area contributed by atoms with E-state index in [-0.39, 0.29) is 17.4 Å². The average molecular weight is 288 g/mol. The molecule has 116 valence electrons. The maximum atomic E-state index is 12.5. The van der Waals surface area contributed by atoms with Gasteiger partial charge in [0.1, 0.15) is 0 Å². The van der Waals surface area contributed by atoms with Crippen molar-refractivity contribution < 1.29 is 4.79 Å². The number of rotatable bonds is 3. The normalized spacial score (nSPS) is 17.0. The van der Waals surface area contributed by atoms with Gasteiger partial charge in [0.15, 0.2) is 0 Å². The van der Waals surface area contributed by atoms with Crippen LogP contribution in [-0.4, -0.2) is 23.4 Å². The minimum absolute atomic E-state index is 0.0454. The summed E-state index contributed by atoms with van der Waals surface area (Å²) in [6.07, 6.45) is 3.44. The van der Waals surface area contributed by atoms with E-state index in [0.717, 1.165) is 32.4 Å². The molecule has 0 aromatic heterocycles. The van der Waals surface area contributed by atoms with Gasteiger partial charge in [-0.3, -0.25) is 4.79 Å². The Balaban J connectivity index is 1.97. The fourth-order valence-electron chi connectivity index (χ4n) is 3.13. The molecule has 1 unspecified atom stereocenters. The highest BCUT2D eigenvalue weighted by Crippen LogP contribution is 2.23. The van der Waals surface area contributed by atoms with E-state index in [2.05, 4.69) is 45.0 Å². The quantitative estimate of drug-likeness (QED) is 0.929. The molecule has 0 fully saturated rings. The third kappa shape index (κ3) is 4.85. The molecule has 0 saturated heterocycles. The second-order valence-electron chi connectivity index (χ2n) is 7.42. The summed E-state index contributed by atoms with van der Waals surface area (Å²) in [5, 5.41) is 0. The van der Waals surface area contributed by atoms with Crippen molar-refractivity contribution >= 4 is 5.91 Å². The van der Waals surface area contributed by atoms with Crippen LogP contribution in [0, 0.1) is 5.41 Å². The lowest BCUT2D eigenvalue weighted by Crippen LogP contribution is -2.37. The molecular formula is C18H28N2O. The molecule has 1 aromatic rings. The van der Waals surface area contributed by atoms with Crippen LogP contribution in [0.15, 0.2) is 24.3 Å². The van der Waals surface area contributed by atoms with Crippen LogP contribution in [0.25, 0.3) is 0 Å². The van der Waals surface area contributed by atoms with Crippen molar-refractivity contribution in [3.8, 4) is 0 Å². The highest BCUT2D eigenvalue weighted by molar-refractivity contribution is 5.77. The summed E-state index contributed by atoms with van der Waals surface area (Å²) in [6.45, 7) is 8.07. The second kappa shape index (κ2) is 6.61. The molecule has 1 amide bonds. The Kier molecular flexibility index (Phi) is 5.04. The van der Waals surface area contributed by atoms with Gasteiger partial charge in [-0.15, -0.1) is 0 Å². The summed E-state index contributed by atoms with van der Waals surface area (Å²) in [5.41, 5.74) is 8.99. The molecule has 1 atom stereocenters. The molecule has 2 N–H and O–H groups in total. The Morgan fingerprint density at radius 3 is 2.62 bits per heavy atom. The topological polar surface area (TPSA) is 46.3 Å². The summed E-state index contributed by atoms with van der Waals surface area (Å²) < 4.78 is 0. The van der Waals surface area contributed by atoms with Crippen molar-refractivity contribution in [2.45, 2.75) is 59.0 Å². The van der Waals surface area contributed by atoms with Gasteiger partial charge in [0.2, 0.25) is 5.91 Å². The van der Waals surface area contributed by atoms with Gasteiger partial charge in [0.05, 0.1) is 0 Å². The number of aryl methyl sites for hydroxylation is 1. The van der Waals surface area contributed by atoms with Gasteiger partial charge in [-0.2, -0.15) is 0 Å². The van der Waals surface area contributed by atoms with Crippen LogP contribution >= 0.6 is 0 Å². The number of benzene rings is 1. The number of hydrogen-bond acceptors (Lipinski definition) is 2. The van der Waals surface area contributed by atoms with Gasteiger partial charge in [-0.25, -0.2) is 0 Å². The number of nitrogens with two attached hydrogens (primary N) is 1. The standard InChI is InChI=1S/C18H28N2O/c1-18(2,3)12-16(19)11-17(21)20-10-6-9-14-7-4-5-8-15(14)13-20/h4-5,7-8,16H,6,9-13,19H2,1-3H3. The van der Waals surface area contributed by atoms with Crippen LogP contribution < -0.4 is 5.73 Å². The van der Waals surface area contributed by atoms with E-state index in [1.165, 1.54) is 11.1 Å². The maximum Gasteiger partial charge on any atom is 0.224 e. The molecule has 0 bridgehead atoms. The molecule has 3 heteroatoms. The van der Waals surface area contributed by atoms with E-state index in [9.17, 15) is 4.79 Å². The number of amides is 1. The Morgan fingerprint density at radius 2 is 1.95 bits per heavy atom. The van der Waals surface area contributed by atoms with E-state index < -0.39 is 0 Å². The molecular weight excluding hydrogens is 260 g/mol. The monoisotopic (exact) mass is 288 g/mol. The Hall–Kier alpha value is -1.35. The summed E-state index contributed by atoms with van der Waals surface area (Å²) >= 11 is 0. The van der Waals surface area contributed by atoms with E-state index in [1.807, 2.05) is 4.90 Å². The number of carbonyl (C=O) groups is 1. The SMILES string of the molecule is CC(C)(C)CC(N)CC(=O)N1CCCc2ccccc2C1. The first-order valence-electron chi connectivity index (χ1n) is 7.95. The van der Waals surface area contributed by atoms with Gasteiger partial charge in [-0.05, 0) is 35.8 Å². The summed E-state index contributed by atoms with van der Waals surface area (Å²) in [7, 11) is 0. The minimum Gasteiger partial charge on any atom is -0.338 e. The molecule has 1 heterocycles. The molecule has 1 aliphatic heterocycles. The lowest BCUT2D eigenvalue weighted by molar-refractivity contribution is -0.132. The molecule has 1 aromatic carbocycles. The Bertz CT molecular complexity index is 490. The highest BCUT2D eigenvalue weighted by Gasteiger charge is 2.23. The summed E-state index contributed by atoms with van der Waals surface area (Å²) in [5.74, 6) is 0.198. The zero-order valence-electron chi connectivity index (χ0n) is 13.6. The third-order valence-electron chi connectivity index (χ3n) is 4.02. The van der Waals surface area contributed by atoms with E-state index in [0.29, 0.717) is 6.42 Å². The fraction of sp³-hybridized carbons (Fsp3) is 0.611. The van der Waals surface area contributed by atoms with Gasteiger partial charge in [-0.1, -0.05) is 45.0 Å². The first-order chi connectivity index (χ1) is 9.85. The number of hydrogen-bond donors (Lipinski definition) is 1. The van der Waals surface area contributed by atoms with Crippen molar-refractivity contribution in [2.24, 2.45) is 11.1 Å². The van der Waals surface area contributed by atoms with Crippen LogP contribution in [0.1, 0.15) is 51.2 Å². The molecule has 0 spiro atoms. The third-order valence-corrected chi connectivity index (χ3v) is 4.02. The van der Waals surface area contributed by atoms with Gasteiger partial charge >= 0.3 is 0 Å². The Morgan fingerprint density at radius 1 is 1.29 bits per heavy atom. The minimum atomic E-state index is -0.0454. The largest absolute Gasteiger partial charge is 0.338 e. The highest BCUT2D eigenvalue weighted by atomic mass is 16.2. The Labute approximate surface area is 128 Å². The number of nitrogens with zero attached hydrogens (tertiary/aromatic N) is 1. The van der Waals surface area contributed by atoms with E-state index >= 15 is 0 Å². The molecule has 0 saturated carbocycles. The van der Waals surface area contributed by atoms with Crippen molar-refractivity contribution in [2.75, 3.05) is 6.54 Å². The summed E-state index contributed by atoms with van der Waals surface area (Å²) in [4.78, 5) is 14.5. The van der Waals surface area contributed by atoms with Crippen LogP contribution in [0.4, 0.5) is 0 Å². The zero-order chi connectivity index (χ0) is 15.5. The molecule has 0 radical (unpaired) electrons. The lowest BCUT2D eigenvalue weighted by atomic mass is 9.87.